The molecule has 0 saturated carbocycles. The predicted octanol–water partition coefficient (Wildman–Crippen LogP) is 4.15. The number of para-hydroxylation sites is 1. The summed E-state index contributed by atoms with van der Waals surface area (Å²) in [5, 5.41) is 11.5. The lowest BCUT2D eigenvalue weighted by Crippen LogP contribution is -2.43. The summed E-state index contributed by atoms with van der Waals surface area (Å²) in [6.45, 7) is 2.18. The van der Waals surface area contributed by atoms with Crippen molar-refractivity contribution < 1.29 is 4.74 Å². The van der Waals surface area contributed by atoms with Crippen molar-refractivity contribution in [1.82, 2.24) is 10.6 Å². The molecule has 0 bridgehead atoms. The Bertz CT molecular complexity index is 766. The third-order valence-electron chi connectivity index (χ3n) is 4.32. The second kappa shape index (κ2) is 9.40. The topological polar surface area (TPSA) is 45.3 Å². The Balaban J connectivity index is 1.43. The monoisotopic (exact) mass is 391 g/mol. The molecule has 0 spiro atoms. The molecule has 26 heavy (non-hydrogen) atoms. The highest BCUT2D eigenvalue weighted by Crippen LogP contribution is 2.23. The summed E-state index contributed by atoms with van der Waals surface area (Å²) in [7, 11) is 1.73. The highest BCUT2D eigenvalue weighted by Gasteiger charge is 2.14. The lowest BCUT2D eigenvalue weighted by atomic mass is 10.1. The fourth-order valence-electron chi connectivity index (χ4n) is 2.83. The van der Waals surface area contributed by atoms with E-state index in [2.05, 4.69) is 40.2 Å². The second-order valence-electron chi connectivity index (χ2n) is 6.21. The molecule has 2 unspecified atom stereocenters. The number of nitrogens with one attached hydrogen (secondary N) is 3. The van der Waals surface area contributed by atoms with E-state index < -0.39 is 0 Å². The first-order chi connectivity index (χ1) is 12.7. The molecule has 0 fully saturated rings. The fourth-order valence-corrected chi connectivity index (χ4v) is 3.15. The summed E-state index contributed by atoms with van der Waals surface area (Å²) < 4.78 is 5.57. The first kappa shape index (κ1) is 19.2. The zero-order valence-electron chi connectivity index (χ0n) is 14.6. The molecule has 2 atom stereocenters. The highest BCUT2D eigenvalue weighted by atomic mass is 35.5. The Hall–Kier alpha value is -1.56. The Kier molecular flexibility index (Phi) is 6.94. The normalized spacial score (nSPS) is 16.8. The summed E-state index contributed by atoms with van der Waals surface area (Å²) in [5.74, 6) is 0. The van der Waals surface area contributed by atoms with Crippen molar-refractivity contribution in [2.24, 2.45) is 0 Å². The van der Waals surface area contributed by atoms with Crippen LogP contribution in [-0.4, -0.2) is 32.5 Å². The van der Waals surface area contributed by atoms with Crippen LogP contribution in [0.4, 0.5) is 5.69 Å². The van der Waals surface area contributed by atoms with Gasteiger partial charge in [0.1, 0.15) is 0 Å². The number of rotatable bonds is 8. The minimum Gasteiger partial charge on any atom is -0.379 e. The summed E-state index contributed by atoms with van der Waals surface area (Å²) in [6.07, 6.45) is 4.41. The maximum Gasteiger partial charge on any atom is 0.0965 e. The Labute approximate surface area is 164 Å². The van der Waals surface area contributed by atoms with Crippen LogP contribution in [0.15, 0.2) is 48.5 Å². The third-order valence-corrected chi connectivity index (χ3v) is 5.06. The van der Waals surface area contributed by atoms with E-state index >= 15 is 0 Å². The van der Waals surface area contributed by atoms with Gasteiger partial charge in [0.25, 0.3) is 0 Å². The number of anilines is 1. The van der Waals surface area contributed by atoms with Gasteiger partial charge < -0.3 is 15.4 Å². The van der Waals surface area contributed by atoms with Gasteiger partial charge >= 0.3 is 0 Å². The van der Waals surface area contributed by atoms with Crippen LogP contribution in [0.1, 0.15) is 11.1 Å². The van der Waals surface area contributed by atoms with Crippen LogP contribution in [0.3, 0.4) is 0 Å². The zero-order chi connectivity index (χ0) is 18.4. The van der Waals surface area contributed by atoms with Gasteiger partial charge in [-0.3, -0.25) is 5.32 Å². The zero-order valence-corrected chi connectivity index (χ0v) is 16.1. The van der Waals surface area contributed by atoms with E-state index in [1.165, 1.54) is 5.56 Å². The molecule has 0 aliphatic carbocycles. The van der Waals surface area contributed by atoms with E-state index in [9.17, 15) is 0 Å². The lowest BCUT2D eigenvalue weighted by molar-refractivity contribution is 0.0997. The van der Waals surface area contributed by atoms with Gasteiger partial charge in [0.2, 0.25) is 0 Å². The standard InChI is InChI=1S/C20H23Cl2N3O/c1-26-16(12-23-11-14-6-8-17(21)18(22)10-14)13-24-20-9-7-15-4-2-3-5-19(15)25-20/h2-10,16,20,23-25H,11-13H2,1H3. The quantitative estimate of drug-likeness (QED) is 0.632. The van der Waals surface area contributed by atoms with Crippen LogP contribution in [0, 0.1) is 0 Å². The third kappa shape index (κ3) is 5.22. The van der Waals surface area contributed by atoms with Gasteiger partial charge in [-0.2, -0.15) is 0 Å². The molecule has 0 radical (unpaired) electrons. The van der Waals surface area contributed by atoms with Gasteiger partial charge in [-0.15, -0.1) is 0 Å². The van der Waals surface area contributed by atoms with E-state index in [1.54, 1.807) is 7.11 Å². The SMILES string of the molecule is COC(CNCc1ccc(Cl)c(Cl)c1)CNC1C=Cc2ccccc2N1. The summed E-state index contributed by atoms with van der Waals surface area (Å²) in [6, 6.07) is 13.9. The van der Waals surface area contributed by atoms with Crippen LogP contribution in [-0.2, 0) is 11.3 Å². The summed E-state index contributed by atoms with van der Waals surface area (Å²) in [5.41, 5.74) is 3.44. The van der Waals surface area contributed by atoms with Crippen LogP contribution in [0.5, 0.6) is 0 Å². The van der Waals surface area contributed by atoms with Gasteiger partial charge in [0.05, 0.1) is 22.3 Å². The Morgan fingerprint density at radius 3 is 2.77 bits per heavy atom. The van der Waals surface area contributed by atoms with E-state index in [1.807, 2.05) is 30.3 Å². The average molecular weight is 392 g/mol. The molecule has 3 rings (SSSR count). The molecule has 0 saturated heterocycles. The molecule has 1 heterocycles. The number of halogens is 2. The minimum atomic E-state index is 0.0603. The maximum absolute atomic E-state index is 6.05. The van der Waals surface area contributed by atoms with Gasteiger partial charge in [-0.1, -0.05) is 53.5 Å². The number of hydrogen-bond donors (Lipinski definition) is 3. The maximum atomic E-state index is 6.05. The van der Waals surface area contributed by atoms with Crippen LogP contribution in [0.2, 0.25) is 10.0 Å². The number of fused-ring (bicyclic) bond motifs is 1. The van der Waals surface area contributed by atoms with E-state index in [-0.39, 0.29) is 12.3 Å². The van der Waals surface area contributed by atoms with Gasteiger partial charge in [0, 0.05) is 32.4 Å². The molecule has 1 aliphatic rings. The largest absolute Gasteiger partial charge is 0.379 e. The van der Waals surface area contributed by atoms with E-state index in [4.69, 9.17) is 27.9 Å². The number of hydrogen-bond acceptors (Lipinski definition) is 4. The molecular formula is C20H23Cl2N3O. The van der Waals surface area contributed by atoms with Gasteiger partial charge in [-0.25, -0.2) is 0 Å². The molecular weight excluding hydrogens is 369 g/mol. The minimum absolute atomic E-state index is 0.0603. The van der Waals surface area contributed by atoms with Crippen molar-refractivity contribution >= 4 is 35.0 Å². The van der Waals surface area contributed by atoms with Crippen molar-refractivity contribution in [2.45, 2.75) is 18.8 Å². The molecule has 3 N–H and O–H groups in total. The lowest BCUT2D eigenvalue weighted by Gasteiger charge is -2.25. The first-order valence-electron chi connectivity index (χ1n) is 8.60. The highest BCUT2D eigenvalue weighted by molar-refractivity contribution is 6.42. The first-order valence-corrected chi connectivity index (χ1v) is 9.36. The molecule has 6 heteroatoms. The van der Waals surface area contributed by atoms with Crippen molar-refractivity contribution in [2.75, 3.05) is 25.5 Å². The number of methoxy groups -OCH3 is 1. The van der Waals surface area contributed by atoms with Gasteiger partial charge in [-0.05, 0) is 35.4 Å². The summed E-state index contributed by atoms with van der Waals surface area (Å²) >= 11 is 12.0. The molecule has 1 aliphatic heterocycles. The number of ether oxygens (including phenoxy) is 1. The molecule has 2 aromatic rings. The molecule has 0 aromatic heterocycles. The fraction of sp³-hybridized carbons (Fsp3) is 0.300. The number of benzene rings is 2. The van der Waals surface area contributed by atoms with Crippen LogP contribution >= 0.6 is 23.2 Å². The average Bonchev–Trinajstić information content (AvgIpc) is 2.67. The van der Waals surface area contributed by atoms with Crippen LogP contribution < -0.4 is 16.0 Å². The van der Waals surface area contributed by atoms with E-state index in [0.29, 0.717) is 16.6 Å². The molecule has 0 amide bonds. The Morgan fingerprint density at radius 2 is 1.96 bits per heavy atom. The Morgan fingerprint density at radius 1 is 1.12 bits per heavy atom. The molecule has 2 aromatic carbocycles. The predicted molar refractivity (Wildman–Crippen MR) is 110 cm³/mol. The summed E-state index contributed by atoms with van der Waals surface area (Å²) in [4.78, 5) is 0. The molecule has 4 nitrogen and oxygen atoms in total. The smallest absolute Gasteiger partial charge is 0.0965 e. The van der Waals surface area contributed by atoms with Crippen LogP contribution in [0.25, 0.3) is 6.08 Å². The van der Waals surface area contributed by atoms with Crippen molar-refractivity contribution in [1.29, 1.82) is 0 Å². The second-order valence-corrected chi connectivity index (χ2v) is 7.03. The van der Waals surface area contributed by atoms with E-state index in [0.717, 1.165) is 24.3 Å². The van der Waals surface area contributed by atoms with Crippen molar-refractivity contribution in [3.63, 3.8) is 0 Å². The molecule has 138 valence electrons. The van der Waals surface area contributed by atoms with Crippen molar-refractivity contribution in [3.8, 4) is 0 Å². The van der Waals surface area contributed by atoms with Gasteiger partial charge in [0.15, 0.2) is 0 Å². The van der Waals surface area contributed by atoms with Crippen molar-refractivity contribution in [3.05, 3.63) is 69.7 Å².